The molecular weight excluding hydrogens is 304 g/mol. The number of aliphatic hydroxyl groups excluding tert-OH is 1. The maximum absolute atomic E-state index is 11.8. The summed E-state index contributed by atoms with van der Waals surface area (Å²) >= 11 is 0. The molecule has 1 aromatic heterocycles. The first-order chi connectivity index (χ1) is 11.4. The van der Waals surface area contributed by atoms with Gasteiger partial charge in [0.1, 0.15) is 0 Å². The highest BCUT2D eigenvalue weighted by atomic mass is 16.3. The summed E-state index contributed by atoms with van der Waals surface area (Å²) in [4.78, 5) is 11.8. The first-order valence-corrected chi connectivity index (χ1v) is 8.23. The van der Waals surface area contributed by atoms with Crippen molar-refractivity contribution in [1.29, 1.82) is 0 Å². The van der Waals surface area contributed by atoms with Crippen LogP contribution in [-0.4, -0.2) is 33.6 Å². The average molecular weight is 330 g/mol. The van der Waals surface area contributed by atoms with E-state index in [0.29, 0.717) is 24.6 Å². The second-order valence-electron chi connectivity index (χ2n) is 6.53. The molecule has 0 saturated carbocycles. The smallest absolute Gasteiger partial charge is 0.319 e. The molecule has 2 amide bonds. The lowest BCUT2D eigenvalue weighted by molar-refractivity contribution is 0.148. The fourth-order valence-electron chi connectivity index (χ4n) is 2.45. The molecule has 1 aromatic carbocycles. The first-order valence-electron chi connectivity index (χ1n) is 8.23. The number of anilines is 1. The van der Waals surface area contributed by atoms with Gasteiger partial charge in [0.25, 0.3) is 0 Å². The number of aryl methyl sites for hydroxylation is 1. The standard InChI is InChI=1S/C18H26N4O2/c1-13(2)8-17(23)10-19-18(24)21-16-6-4-15(5-7-16)12-22-11-14(3)9-20-22/h4-7,9,11,13,17,23H,8,10,12H2,1-3H3,(H2,19,21,24). The lowest BCUT2D eigenvalue weighted by Crippen LogP contribution is -2.35. The van der Waals surface area contributed by atoms with Crippen LogP contribution in [0.3, 0.4) is 0 Å². The molecule has 0 saturated heterocycles. The maximum Gasteiger partial charge on any atom is 0.319 e. The van der Waals surface area contributed by atoms with E-state index in [-0.39, 0.29) is 12.6 Å². The molecule has 24 heavy (non-hydrogen) atoms. The van der Waals surface area contributed by atoms with Crippen LogP contribution in [0.25, 0.3) is 0 Å². The van der Waals surface area contributed by atoms with Gasteiger partial charge in [-0.25, -0.2) is 4.79 Å². The molecule has 0 aliphatic rings. The molecule has 0 bridgehead atoms. The second-order valence-corrected chi connectivity index (χ2v) is 6.53. The predicted octanol–water partition coefficient (Wildman–Crippen LogP) is 2.77. The van der Waals surface area contributed by atoms with Gasteiger partial charge < -0.3 is 15.7 Å². The van der Waals surface area contributed by atoms with Gasteiger partial charge >= 0.3 is 6.03 Å². The van der Waals surface area contributed by atoms with Gasteiger partial charge in [-0.1, -0.05) is 26.0 Å². The summed E-state index contributed by atoms with van der Waals surface area (Å²) in [7, 11) is 0. The molecule has 2 aromatic rings. The summed E-state index contributed by atoms with van der Waals surface area (Å²) in [6.07, 6.45) is 3.97. The normalized spacial score (nSPS) is 12.2. The van der Waals surface area contributed by atoms with Gasteiger partial charge in [-0.2, -0.15) is 5.10 Å². The molecule has 6 heteroatoms. The molecule has 1 unspecified atom stereocenters. The van der Waals surface area contributed by atoms with E-state index in [1.165, 1.54) is 0 Å². The fourth-order valence-corrected chi connectivity index (χ4v) is 2.45. The van der Waals surface area contributed by atoms with Crippen LogP contribution in [0.5, 0.6) is 0 Å². The highest BCUT2D eigenvalue weighted by molar-refractivity contribution is 5.89. The van der Waals surface area contributed by atoms with Crippen LogP contribution in [0.2, 0.25) is 0 Å². The second kappa shape index (κ2) is 8.49. The number of urea groups is 1. The number of aliphatic hydroxyl groups is 1. The third kappa shape index (κ3) is 6.04. The van der Waals surface area contributed by atoms with Crippen molar-refractivity contribution >= 4 is 11.7 Å². The molecule has 2 rings (SSSR count). The lowest BCUT2D eigenvalue weighted by Gasteiger charge is -2.14. The van der Waals surface area contributed by atoms with Gasteiger partial charge in [-0.15, -0.1) is 0 Å². The van der Waals surface area contributed by atoms with Gasteiger partial charge in [0.05, 0.1) is 18.8 Å². The number of rotatable bonds is 7. The monoisotopic (exact) mass is 330 g/mol. The topological polar surface area (TPSA) is 79.2 Å². The molecule has 0 aliphatic heterocycles. The Bertz CT molecular complexity index is 649. The van der Waals surface area contributed by atoms with E-state index in [1.54, 1.807) is 0 Å². The van der Waals surface area contributed by atoms with E-state index in [1.807, 2.05) is 62.1 Å². The molecule has 130 valence electrons. The van der Waals surface area contributed by atoms with Crippen LogP contribution in [0.1, 0.15) is 31.4 Å². The van der Waals surface area contributed by atoms with Crippen LogP contribution in [-0.2, 0) is 6.54 Å². The molecule has 0 fully saturated rings. The zero-order chi connectivity index (χ0) is 17.5. The SMILES string of the molecule is Cc1cnn(Cc2ccc(NC(=O)NCC(O)CC(C)C)cc2)c1. The highest BCUT2D eigenvalue weighted by Gasteiger charge is 2.09. The minimum atomic E-state index is -0.518. The quantitative estimate of drug-likeness (QED) is 0.730. The Kier molecular flexibility index (Phi) is 6.37. The summed E-state index contributed by atoms with van der Waals surface area (Å²) in [5.74, 6) is 0.399. The van der Waals surface area contributed by atoms with Crippen molar-refractivity contribution in [3.8, 4) is 0 Å². The predicted molar refractivity (Wildman–Crippen MR) is 95.0 cm³/mol. The zero-order valence-corrected chi connectivity index (χ0v) is 14.5. The van der Waals surface area contributed by atoms with E-state index in [2.05, 4.69) is 15.7 Å². The van der Waals surface area contributed by atoms with Gasteiger partial charge in [0.2, 0.25) is 0 Å². The number of benzene rings is 1. The molecule has 1 atom stereocenters. The van der Waals surface area contributed by atoms with Crippen LogP contribution in [0.4, 0.5) is 10.5 Å². The number of carbonyl (C=O) groups excluding carboxylic acids is 1. The molecule has 6 nitrogen and oxygen atoms in total. The summed E-state index contributed by atoms with van der Waals surface area (Å²) in [6, 6.07) is 7.32. The molecule has 0 spiro atoms. The van der Waals surface area contributed by atoms with Crippen molar-refractivity contribution in [2.75, 3.05) is 11.9 Å². The fraction of sp³-hybridized carbons (Fsp3) is 0.444. The highest BCUT2D eigenvalue weighted by Crippen LogP contribution is 2.11. The average Bonchev–Trinajstić information content (AvgIpc) is 2.92. The number of nitrogens with one attached hydrogen (secondary N) is 2. The summed E-state index contributed by atoms with van der Waals surface area (Å²) in [5, 5.41) is 19.5. The van der Waals surface area contributed by atoms with Crippen molar-refractivity contribution < 1.29 is 9.90 Å². The Morgan fingerprint density at radius 2 is 2.00 bits per heavy atom. The zero-order valence-electron chi connectivity index (χ0n) is 14.5. The minimum Gasteiger partial charge on any atom is -0.391 e. The largest absolute Gasteiger partial charge is 0.391 e. The Balaban J connectivity index is 1.79. The molecule has 1 heterocycles. The summed E-state index contributed by atoms with van der Waals surface area (Å²) in [6.45, 7) is 7.03. The van der Waals surface area contributed by atoms with Crippen LogP contribution < -0.4 is 10.6 Å². The third-order valence-corrected chi connectivity index (χ3v) is 3.56. The van der Waals surface area contributed by atoms with E-state index >= 15 is 0 Å². The number of carbonyl (C=O) groups is 1. The number of nitrogens with zero attached hydrogens (tertiary/aromatic N) is 2. The van der Waals surface area contributed by atoms with Crippen LogP contribution in [0, 0.1) is 12.8 Å². The Labute approximate surface area is 142 Å². The van der Waals surface area contributed by atoms with E-state index in [4.69, 9.17) is 0 Å². The minimum absolute atomic E-state index is 0.251. The van der Waals surface area contributed by atoms with Crippen molar-refractivity contribution in [3.63, 3.8) is 0 Å². The third-order valence-electron chi connectivity index (χ3n) is 3.56. The maximum atomic E-state index is 11.8. The molecular formula is C18H26N4O2. The van der Waals surface area contributed by atoms with Crippen LogP contribution >= 0.6 is 0 Å². The van der Waals surface area contributed by atoms with E-state index < -0.39 is 6.10 Å². The van der Waals surface area contributed by atoms with Gasteiger partial charge in [0, 0.05) is 18.4 Å². The number of hydrogen-bond acceptors (Lipinski definition) is 3. The van der Waals surface area contributed by atoms with Gasteiger partial charge in [0.15, 0.2) is 0 Å². The van der Waals surface area contributed by atoms with Gasteiger partial charge in [-0.05, 0) is 42.5 Å². The molecule has 0 radical (unpaired) electrons. The number of hydrogen-bond donors (Lipinski definition) is 3. The summed E-state index contributed by atoms with van der Waals surface area (Å²) in [5.41, 5.74) is 2.95. The lowest BCUT2D eigenvalue weighted by atomic mass is 10.1. The Morgan fingerprint density at radius 1 is 1.29 bits per heavy atom. The van der Waals surface area contributed by atoms with E-state index in [9.17, 15) is 9.90 Å². The Morgan fingerprint density at radius 3 is 2.58 bits per heavy atom. The summed E-state index contributed by atoms with van der Waals surface area (Å²) < 4.78 is 1.88. The van der Waals surface area contributed by atoms with Crippen molar-refractivity contribution in [2.45, 2.75) is 39.8 Å². The number of amides is 2. The van der Waals surface area contributed by atoms with Crippen molar-refractivity contribution in [2.24, 2.45) is 5.92 Å². The van der Waals surface area contributed by atoms with Gasteiger partial charge in [-0.3, -0.25) is 4.68 Å². The van der Waals surface area contributed by atoms with E-state index in [0.717, 1.165) is 11.1 Å². The molecule has 0 aliphatic carbocycles. The Hall–Kier alpha value is -2.34. The van der Waals surface area contributed by atoms with Crippen molar-refractivity contribution in [3.05, 3.63) is 47.8 Å². The van der Waals surface area contributed by atoms with Crippen LogP contribution in [0.15, 0.2) is 36.7 Å². The number of aromatic nitrogens is 2. The molecule has 3 N–H and O–H groups in total. The van der Waals surface area contributed by atoms with Crippen molar-refractivity contribution in [1.82, 2.24) is 15.1 Å². The first kappa shape index (κ1) is 18.0.